The molecule has 0 fully saturated rings. The number of carboxylic acid groups (broad SMARTS) is 1. The van der Waals surface area contributed by atoms with Crippen LogP contribution in [0.2, 0.25) is 0 Å². The number of aryl methyl sites for hydroxylation is 1. The number of hydrogen-bond acceptors (Lipinski definition) is 3. The Morgan fingerprint density at radius 3 is 2.38 bits per heavy atom. The van der Waals surface area contributed by atoms with Crippen LogP contribution in [0.15, 0.2) is 79.0 Å². The lowest BCUT2D eigenvalue weighted by Gasteiger charge is -2.26. The molecule has 0 unspecified atom stereocenters. The molecule has 0 aliphatic rings. The molecule has 1 N–H and O–H groups in total. The predicted molar refractivity (Wildman–Crippen MR) is 165 cm³/mol. The summed E-state index contributed by atoms with van der Waals surface area (Å²) in [5.41, 5.74) is 5.75. The third-order valence-corrected chi connectivity index (χ3v) is 7.37. The van der Waals surface area contributed by atoms with Gasteiger partial charge in [0.2, 0.25) is 0 Å². The molecule has 4 rings (SSSR count). The molecular formula is C35H42N2O3. The van der Waals surface area contributed by atoms with Crippen LogP contribution in [0.25, 0.3) is 10.9 Å². The second-order valence-corrected chi connectivity index (χ2v) is 11.1. The van der Waals surface area contributed by atoms with Gasteiger partial charge in [0.25, 0.3) is 0 Å². The van der Waals surface area contributed by atoms with E-state index in [1.165, 1.54) is 24.8 Å². The van der Waals surface area contributed by atoms with Crippen molar-refractivity contribution >= 4 is 34.0 Å². The molecule has 1 aromatic heterocycles. The smallest absolute Gasteiger partial charge is 0.303 e. The summed E-state index contributed by atoms with van der Waals surface area (Å²) in [4.78, 5) is 27.3. The van der Waals surface area contributed by atoms with Gasteiger partial charge in [-0.3, -0.25) is 9.59 Å². The van der Waals surface area contributed by atoms with Gasteiger partial charge in [-0.15, -0.1) is 0 Å². The highest BCUT2D eigenvalue weighted by Crippen LogP contribution is 2.30. The Kier molecular flexibility index (Phi) is 10.2. The van der Waals surface area contributed by atoms with Gasteiger partial charge < -0.3 is 14.6 Å². The molecule has 1 heterocycles. The molecule has 0 aliphatic carbocycles. The summed E-state index contributed by atoms with van der Waals surface area (Å²) in [6.07, 6.45) is 8.24. The number of carboxylic acids is 1. The number of carbonyl (C=O) groups excluding carboxylic acids is 1. The van der Waals surface area contributed by atoms with Crippen LogP contribution in [0.5, 0.6) is 0 Å². The number of nitrogens with zero attached hydrogens (tertiary/aromatic N) is 2. The summed E-state index contributed by atoms with van der Waals surface area (Å²) < 4.78 is 2.01. The van der Waals surface area contributed by atoms with Gasteiger partial charge in [0.15, 0.2) is 5.78 Å². The zero-order valence-electron chi connectivity index (χ0n) is 24.1. The van der Waals surface area contributed by atoms with Gasteiger partial charge in [-0.25, -0.2) is 0 Å². The molecular weight excluding hydrogens is 496 g/mol. The monoisotopic (exact) mass is 538 g/mol. The van der Waals surface area contributed by atoms with E-state index in [-0.39, 0.29) is 12.2 Å². The molecule has 0 saturated carbocycles. The lowest BCUT2D eigenvalue weighted by molar-refractivity contribution is -0.137. The SMILES string of the molecule is CCCCCCN(c1ccc(CC(C)C)cc1)c1cccc(C(=O)c2cn(CCCC(=O)O)c3ccccc23)c1. The number of ketones is 1. The number of anilines is 2. The van der Waals surface area contributed by atoms with E-state index in [4.69, 9.17) is 5.11 Å². The molecule has 0 amide bonds. The largest absolute Gasteiger partial charge is 0.481 e. The lowest BCUT2D eigenvalue weighted by atomic mass is 10.0. The maximum atomic E-state index is 13.9. The third kappa shape index (κ3) is 7.41. The molecule has 210 valence electrons. The second kappa shape index (κ2) is 14.0. The van der Waals surface area contributed by atoms with Crippen molar-refractivity contribution in [3.05, 3.63) is 95.7 Å². The number of hydrogen-bond donors (Lipinski definition) is 1. The van der Waals surface area contributed by atoms with Crippen LogP contribution in [0.1, 0.15) is 80.8 Å². The molecule has 4 aromatic rings. The van der Waals surface area contributed by atoms with Crippen molar-refractivity contribution in [2.45, 2.75) is 72.3 Å². The van der Waals surface area contributed by atoms with Gasteiger partial charge in [0.05, 0.1) is 0 Å². The minimum Gasteiger partial charge on any atom is -0.481 e. The summed E-state index contributed by atoms with van der Waals surface area (Å²) in [5, 5.41) is 9.96. The van der Waals surface area contributed by atoms with E-state index in [2.05, 4.69) is 56.0 Å². The molecule has 0 atom stereocenters. The third-order valence-electron chi connectivity index (χ3n) is 7.37. The van der Waals surface area contributed by atoms with Crippen molar-refractivity contribution in [3.63, 3.8) is 0 Å². The molecule has 0 spiro atoms. The van der Waals surface area contributed by atoms with Gasteiger partial charge in [0, 0.05) is 59.1 Å². The van der Waals surface area contributed by atoms with E-state index >= 15 is 0 Å². The Balaban J connectivity index is 1.64. The molecule has 0 saturated heterocycles. The summed E-state index contributed by atoms with van der Waals surface area (Å²) >= 11 is 0. The topological polar surface area (TPSA) is 62.5 Å². The van der Waals surface area contributed by atoms with Crippen molar-refractivity contribution < 1.29 is 14.7 Å². The fraction of sp³-hybridized carbons (Fsp3) is 0.371. The molecule has 0 bridgehead atoms. The highest BCUT2D eigenvalue weighted by Gasteiger charge is 2.19. The Morgan fingerprint density at radius 2 is 1.65 bits per heavy atom. The fourth-order valence-corrected chi connectivity index (χ4v) is 5.37. The van der Waals surface area contributed by atoms with Crippen LogP contribution in [-0.4, -0.2) is 28.0 Å². The van der Waals surface area contributed by atoms with E-state index in [9.17, 15) is 9.59 Å². The highest BCUT2D eigenvalue weighted by molar-refractivity contribution is 6.16. The summed E-state index contributed by atoms with van der Waals surface area (Å²) in [7, 11) is 0. The molecule has 40 heavy (non-hydrogen) atoms. The molecule has 5 heteroatoms. The Labute approximate surface area is 238 Å². The molecule has 5 nitrogen and oxygen atoms in total. The number of aromatic nitrogens is 1. The fourth-order valence-electron chi connectivity index (χ4n) is 5.37. The number of benzene rings is 3. The first-order chi connectivity index (χ1) is 19.4. The van der Waals surface area contributed by atoms with Crippen molar-refractivity contribution in [2.24, 2.45) is 5.92 Å². The number of unbranched alkanes of at least 4 members (excludes halogenated alkanes) is 3. The van der Waals surface area contributed by atoms with E-state index < -0.39 is 5.97 Å². The number of carbonyl (C=O) groups is 2. The van der Waals surface area contributed by atoms with Crippen LogP contribution >= 0.6 is 0 Å². The molecule has 0 aliphatic heterocycles. The quantitative estimate of drug-likeness (QED) is 0.121. The maximum absolute atomic E-state index is 13.9. The van der Waals surface area contributed by atoms with Gasteiger partial charge in [-0.05, 0) is 61.1 Å². The second-order valence-electron chi connectivity index (χ2n) is 11.1. The first-order valence-corrected chi connectivity index (χ1v) is 14.7. The van der Waals surface area contributed by atoms with E-state index in [0.717, 1.165) is 41.7 Å². The number of aliphatic carboxylic acids is 1. The van der Waals surface area contributed by atoms with Crippen LogP contribution in [0.4, 0.5) is 11.4 Å². The standard InChI is InChI=1S/C35H42N2O3/c1-4-5-6-9-22-37(29-19-17-27(18-20-29)23-26(2)3)30-13-10-12-28(24-30)35(40)32-25-36(21-11-16-34(38)39)33-15-8-7-14-31(32)33/h7-8,10,12-15,17-20,24-26H,4-6,9,11,16,21-23H2,1-3H3,(H,38,39). The minimum atomic E-state index is -0.807. The number of para-hydroxylation sites is 1. The minimum absolute atomic E-state index is 0.0201. The lowest BCUT2D eigenvalue weighted by Crippen LogP contribution is -2.19. The highest BCUT2D eigenvalue weighted by atomic mass is 16.4. The molecule has 0 radical (unpaired) electrons. The summed E-state index contributed by atoms with van der Waals surface area (Å²) in [5.74, 6) is -0.214. The Morgan fingerprint density at radius 1 is 0.875 bits per heavy atom. The van der Waals surface area contributed by atoms with Crippen molar-refractivity contribution in [1.29, 1.82) is 0 Å². The zero-order valence-corrected chi connectivity index (χ0v) is 24.1. The van der Waals surface area contributed by atoms with Crippen LogP contribution < -0.4 is 4.90 Å². The van der Waals surface area contributed by atoms with E-state index in [0.29, 0.717) is 30.0 Å². The number of fused-ring (bicyclic) bond motifs is 1. The maximum Gasteiger partial charge on any atom is 0.303 e. The average molecular weight is 539 g/mol. The van der Waals surface area contributed by atoms with Crippen LogP contribution in [-0.2, 0) is 17.8 Å². The van der Waals surface area contributed by atoms with Gasteiger partial charge >= 0.3 is 5.97 Å². The number of rotatable bonds is 15. The van der Waals surface area contributed by atoms with Gasteiger partial charge in [-0.1, -0.05) is 82.5 Å². The zero-order chi connectivity index (χ0) is 28.5. The summed E-state index contributed by atoms with van der Waals surface area (Å²) in [6.45, 7) is 8.15. The Hall–Kier alpha value is -3.86. The van der Waals surface area contributed by atoms with Crippen molar-refractivity contribution in [2.75, 3.05) is 11.4 Å². The average Bonchev–Trinajstić information content (AvgIpc) is 3.31. The first kappa shape index (κ1) is 29.1. The first-order valence-electron chi connectivity index (χ1n) is 14.7. The van der Waals surface area contributed by atoms with Gasteiger partial charge in [0.1, 0.15) is 0 Å². The van der Waals surface area contributed by atoms with Crippen molar-refractivity contribution in [1.82, 2.24) is 4.57 Å². The molecule has 3 aromatic carbocycles. The Bertz CT molecular complexity index is 1420. The van der Waals surface area contributed by atoms with Gasteiger partial charge in [-0.2, -0.15) is 0 Å². The van der Waals surface area contributed by atoms with Crippen molar-refractivity contribution in [3.8, 4) is 0 Å². The normalized spacial score (nSPS) is 11.3. The summed E-state index contributed by atoms with van der Waals surface area (Å²) in [6, 6.07) is 24.7. The predicted octanol–water partition coefficient (Wildman–Crippen LogP) is 8.65. The van der Waals surface area contributed by atoms with Crippen LogP contribution in [0, 0.1) is 5.92 Å². The van der Waals surface area contributed by atoms with E-state index in [1.54, 1.807) is 0 Å². The van der Waals surface area contributed by atoms with E-state index in [1.807, 2.05) is 53.2 Å². The van der Waals surface area contributed by atoms with Crippen LogP contribution in [0.3, 0.4) is 0 Å².